The second-order valence-corrected chi connectivity index (χ2v) is 13.5. The third kappa shape index (κ3) is 6.28. The SMILES string of the molecule is CC1(C)C=Cc2ccccc2O1.CC1(C)Oc2ccccc2C2C1C(=O)C2(Cl)Cl.O=C(Cl)C(Cl)(Cl)Cl. The Kier molecular flexibility index (Phi) is 8.62. The number of hydrogen-bond acceptors (Lipinski definition) is 4. The molecular weight excluding hydrogens is 589 g/mol. The van der Waals surface area contributed by atoms with Crippen LogP contribution in [-0.4, -0.2) is 30.4 Å². The van der Waals surface area contributed by atoms with E-state index in [4.69, 9.17) is 79.1 Å². The molecule has 2 aliphatic heterocycles. The molecular formula is C26H24Cl6O4. The predicted octanol–water partition coefficient (Wildman–Crippen LogP) is 8.31. The van der Waals surface area contributed by atoms with Crippen molar-refractivity contribution < 1.29 is 19.1 Å². The largest absolute Gasteiger partial charge is 0.487 e. The first-order valence-electron chi connectivity index (χ1n) is 10.9. The van der Waals surface area contributed by atoms with Crippen molar-refractivity contribution >= 4 is 86.7 Å². The summed E-state index contributed by atoms with van der Waals surface area (Å²) in [4.78, 5) is 21.8. The van der Waals surface area contributed by atoms with E-state index in [0.29, 0.717) is 0 Å². The monoisotopic (exact) mass is 610 g/mol. The summed E-state index contributed by atoms with van der Waals surface area (Å²) in [6.45, 7) is 7.92. The van der Waals surface area contributed by atoms with Crippen molar-refractivity contribution in [2.75, 3.05) is 0 Å². The molecule has 0 radical (unpaired) electrons. The van der Waals surface area contributed by atoms with E-state index in [1.807, 2.05) is 56.3 Å². The van der Waals surface area contributed by atoms with Crippen LogP contribution in [0.5, 0.6) is 11.5 Å². The van der Waals surface area contributed by atoms with Gasteiger partial charge < -0.3 is 9.47 Å². The van der Waals surface area contributed by atoms with Gasteiger partial charge in [0, 0.05) is 17.0 Å². The van der Waals surface area contributed by atoms with Crippen molar-refractivity contribution in [3.8, 4) is 11.5 Å². The molecule has 1 aliphatic carbocycles. The van der Waals surface area contributed by atoms with Gasteiger partial charge in [0.05, 0.1) is 5.92 Å². The zero-order valence-electron chi connectivity index (χ0n) is 19.8. The van der Waals surface area contributed by atoms with Crippen LogP contribution in [0.3, 0.4) is 0 Å². The van der Waals surface area contributed by atoms with Crippen LogP contribution < -0.4 is 9.47 Å². The van der Waals surface area contributed by atoms with Crippen molar-refractivity contribution in [3.05, 3.63) is 65.7 Å². The third-order valence-electron chi connectivity index (χ3n) is 5.89. The minimum atomic E-state index is -1.96. The number of hydrogen-bond donors (Lipinski definition) is 0. The lowest BCUT2D eigenvalue weighted by Crippen LogP contribution is -2.65. The summed E-state index contributed by atoms with van der Waals surface area (Å²) in [5, 5.41) is -0.988. The molecule has 3 aliphatic rings. The second kappa shape index (κ2) is 10.6. The molecule has 2 atom stereocenters. The van der Waals surface area contributed by atoms with E-state index in [-0.39, 0.29) is 23.2 Å². The van der Waals surface area contributed by atoms with Crippen LogP contribution in [0.1, 0.15) is 44.7 Å². The van der Waals surface area contributed by atoms with Crippen LogP contribution in [-0.2, 0) is 9.59 Å². The summed E-state index contributed by atoms with van der Waals surface area (Å²) < 4.78 is 8.35. The summed E-state index contributed by atoms with van der Waals surface area (Å²) >= 11 is 31.8. The molecule has 2 unspecified atom stereocenters. The highest BCUT2D eigenvalue weighted by Crippen LogP contribution is 2.62. The van der Waals surface area contributed by atoms with Crippen LogP contribution >= 0.6 is 69.6 Å². The van der Waals surface area contributed by atoms with Crippen LogP contribution in [0.4, 0.5) is 0 Å². The number of carbonyl (C=O) groups is 2. The Bertz CT molecular complexity index is 1180. The molecule has 5 rings (SSSR count). The molecule has 194 valence electrons. The van der Waals surface area contributed by atoms with Crippen LogP contribution in [0, 0.1) is 5.92 Å². The van der Waals surface area contributed by atoms with E-state index >= 15 is 0 Å². The van der Waals surface area contributed by atoms with Gasteiger partial charge in [0.25, 0.3) is 9.03 Å². The van der Waals surface area contributed by atoms with Gasteiger partial charge in [-0.2, -0.15) is 0 Å². The molecule has 0 bridgehead atoms. The molecule has 2 heterocycles. The van der Waals surface area contributed by atoms with E-state index in [0.717, 1.165) is 22.6 Å². The molecule has 10 heteroatoms. The minimum Gasteiger partial charge on any atom is -0.487 e. The number of alkyl halides is 5. The molecule has 1 saturated carbocycles. The van der Waals surface area contributed by atoms with E-state index in [1.54, 1.807) is 0 Å². The number of Topliss-reactive ketones (excluding diaryl/α,β-unsaturated/α-hetero) is 1. The number of halogens is 6. The van der Waals surface area contributed by atoms with Crippen LogP contribution in [0.25, 0.3) is 6.08 Å². The molecule has 0 amide bonds. The zero-order chi connectivity index (χ0) is 27.1. The number of ether oxygens (including phenoxy) is 2. The molecule has 0 saturated heterocycles. The predicted molar refractivity (Wildman–Crippen MR) is 148 cm³/mol. The number of para-hydroxylation sites is 2. The first-order chi connectivity index (χ1) is 16.5. The Labute approximate surface area is 240 Å². The molecule has 36 heavy (non-hydrogen) atoms. The topological polar surface area (TPSA) is 52.6 Å². The number of carbonyl (C=O) groups excluding carboxylic acids is 2. The Morgan fingerprint density at radius 2 is 1.39 bits per heavy atom. The van der Waals surface area contributed by atoms with E-state index < -0.39 is 19.0 Å². The highest BCUT2D eigenvalue weighted by Gasteiger charge is 2.68. The van der Waals surface area contributed by atoms with Crippen molar-refractivity contribution in [2.45, 2.75) is 52.9 Å². The molecule has 4 nitrogen and oxygen atoms in total. The molecule has 1 fully saturated rings. The lowest BCUT2D eigenvalue weighted by Gasteiger charge is -2.55. The van der Waals surface area contributed by atoms with E-state index in [9.17, 15) is 9.59 Å². The van der Waals surface area contributed by atoms with Crippen molar-refractivity contribution in [1.29, 1.82) is 0 Å². The second-order valence-electron chi connectivity index (χ2n) is 9.53. The third-order valence-corrected chi connectivity index (χ3v) is 7.82. The van der Waals surface area contributed by atoms with Gasteiger partial charge in [-0.25, -0.2) is 0 Å². The lowest BCUT2D eigenvalue weighted by atomic mass is 9.60. The first kappa shape index (κ1) is 29.4. The smallest absolute Gasteiger partial charge is 0.273 e. The maximum Gasteiger partial charge on any atom is 0.273 e. The number of benzene rings is 2. The molecule has 0 spiro atoms. The van der Waals surface area contributed by atoms with Gasteiger partial charge >= 0.3 is 0 Å². The van der Waals surface area contributed by atoms with Gasteiger partial charge in [-0.1, -0.05) is 100 Å². The van der Waals surface area contributed by atoms with E-state index in [1.165, 1.54) is 0 Å². The summed E-state index contributed by atoms with van der Waals surface area (Å²) in [5.41, 5.74) is 1.39. The maximum absolute atomic E-state index is 12.0. The molecule has 2 aromatic carbocycles. The Balaban J connectivity index is 0.000000166. The minimum absolute atomic E-state index is 0.134. The Hall–Kier alpha value is -1.14. The lowest BCUT2D eigenvalue weighted by molar-refractivity contribution is -0.144. The molecule has 0 N–H and O–H groups in total. The average Bonchev–Trinajstić information content (AvgIpc) is 2.77. The Morgan fingerprint density at radius 3 is 1.97 bits per heavy atom. The summed E-state index contributed by atoms with van der Waals surface area (Å²) in [5.74, 6) is 1.19. The van der Waals surface area contributed by atoms with E-state index in [2.05, 4.69) is 32.1 Å². The fraction of sp³-hybridized carbons (Fsp3) is 0.385. The number of rotatable bonds is 0. The summed E-state index contributed by atoms with van der Waals surface area (Å²) in [6.07, 6.45) is 4.19. The fourth-order valence-electron chi connectivity index (χ4n) is 4.21. The highest BCUT2D eigenvalue weighted by atomic mass is 35.6. The average molecular weight is 613 g/mol. The first-order valence-corrected chi connectivity index (χ1v) is 13.2. The van der Waals surface area contributed by atoms with Gasteiger partial charge in [-0.05, 0) is 57.5 Å². The van der Waals surface area contributed by atoms with Gasteiger partial charge in [0.1, 0.15) is 22.7 Å². The van der Waals surface area contributed by atoms with Gasteiger partial charge in [0.15, 0.2) is 10.1 Å². The van der Waals surface area contributed by atoms with Crippen LogP contribution in [0.2, 0.25) is 0 Å². The summed E-state index contributed by atoms with van der Waals surface area (Å²) in [7, 11) is 0. The quantitative estimate of drug-likeness (QED) is 0.222. The van der Waals surface area contributed by atoms with Gasteiger partial charge in [-0.15, -0.1) is 0 Å². The number of fused-ring (bicyclic) bond motifs is 4. The summed E-state index contributed by atoms with van der Waals surface area (Å²) in [6, 6.07) is 15.7. The van der Waals surface area contributed by atoms with Crippen molar-refractivity contribution in [1.82, 2.24) is 0 Å². The van der Waals surface area contributed by atoms with Crippen molar-refractivity contribution in [3.63, 3.8) is 0 Å². The van der Waals surface area contributed by atoms with Gasteiger partial charge in [-0.3, -0.25) is 9.59 Å². The zero-order valence-corrected chi connectivity index (χ0v) is 24.4. The maximum atomic E-state index is 12.0. The Morgan fingerprint density at radius 1 is 0.861 bits per heavy atom. The standard InChI is InChI=1S/C13H12Cl2O2.C11H12O.C2Cl4O/c1-12(2)10-9(13(14,15)11(10)16)7-5-3-4-6-8(7)17-12;1-11(2)8-7-9-5-3-4-6-10(9)12-11;3-1(7)2(4,5)6/h3-6,9-10H,1-2H3;3-8H,1-2H3;. The fourth-order valence-corrected chi connectivity index (χ4v) is 4.94. The van der Waals surface area contributed by atoms with Crippen LogP contribution in [0.15, 0.2) is 54.6 Å². The molecule has 2 aromatic rings. The highest BCUT2D eigenvalue weighted by molar-refractivity contribution is 6.88. The number of ketones is 1. The normalized spacial score (nSPS) is 23.3. The molecule has 0 aromatic heterocycles. The van der Waals surface area contributed by atoms with Crippen molar-refractivity contribution in [2.24, 2.45) is 5.92 Å². The van der Waals surface area contributed by atoms with Gasteiger partial charge in [0.2, 0.25) is 0 Å².